The second-order valence-electron chi connectivity index (χ2n) is 5.43. The standard InChI is InChI=1S/C19H19F2N3/c1-5-8-23-18-12(3)10-14(13(4)22)19(17(18)21)24-16-7-6-11(2)9-15(16)20/h5-10,24H,1,4,22H2,2-3H3. The maximum absolute atomic E-state index is 14.9. The predicted octanol–water partition coefficient (Wildman–Crippen LogP) is 5.14. The van der Waals surface area contributed by atoms with Crippen LogP contribution in [0.1, 0.15) is 16.7 Å². The van der Waals surface area contributed by atoms with Crippen LogP contribution in [0.2, 0.25) is 0 Å². The van der Waals surface area contributed by atoms with Gasteiger partial charge in [-0.1, -0.05) is 25.3 Å². The van der Waals surface area contributed by atoms with Crippen molar-refractivity contribution in [3.8, 4) is 0 Å². The SMILES string of the molecule is C=CC=Nc1c(C)cc(C(=C)N)c(Nc2ccc(C)cc2F)c1F. The smallest absolute Gasteiger partial charge is 0.173 e. The van der Waals surface area contributed by atoms with Crippen LogP contribution in [-0.4, -0.2) is 6.21 Å². The highest BCUT2D eigenvalue weighted by atomic mass is 19.1. The van der Waals surface area contributed by atoms with E-state index in [2.05, 4.69) is 23.5 Å². The van der Waals surface area contributed by atoms with Gasteiger partial charge in [-0.2, -0.15) is 0 Å². The molecule has 0 aliphatic heterocycles. The molecule has 0 heterocycles. The van der Waals surface area contributed by atoms with Crippen molar-refractivity contribution in [3.63, 3.8) is 0 Å². The van der Waals surface area contributed by atoms with Gasteiger partial charge in [0.2, 0.25) is 0 Å². The van der Waals surface area contributed by atoms with Crippen molar-refractivity contribution in [3.05, 3.63) is 71.8 Å². The summed E-state index contributed by atoms with van der Waals surface area (Å²) in [5, 5.41) is 2.77. The monoisotopic (exact) mass is 327 g/mol. The van der Waals surface area contributed by atoms with E-state index in [-0.39, 0.29) is 22.8 Å². The summed E-state index contributed by atoms with van der Waals surface area (Å²) >= 11 is 0. The first kappa shape index (κ1) is 17.4. The molecule has 2 aromatic rings. The van der Waals surface area contributed by atoms with Crippen molar-refractivity contribution in [2.24, 2.45) is 10.7 Å². The minimum atomic E-state index is -0.630. The molecule has 0 saturated heterocycles. The summed E-state index contributed by atoms with van der Waals surface area (Å²) in [6.45, 7) is 10.7. The predicted molar refractivity (Wildman–Crippen MR) is 97.1 cm³/mol. The average Bonchev–Trinajstić information content (AvgIpc) is 2.51. The molecule has 0 unspecified atom stereocenters. The normalized spacial score (nSPS) is 10.8. The molecule has 0 saturated carbocycles. The fraction of sp³-hybridized carbons (Fsp3) is 0.105. The van der Waals surface area contributed by atoms with E-state index in [1.807, 2.05) is 0 Å². The number of nitrogens with one attached hydrogen (secondary N) is 1. The summed E-state index contributed by atoms with van der Waals surface area (Å²) in [6, 6.07) is 6.29. The first-order chi connectivity index (χ1) is 11.3. The van der Waals surface area contributed by atoms with Crippen molar-refractivity contribution < 1.29 is 8.78 Å². The molecule has 0 aromatic heterocycles. The zero-order chi connectivity index (χ0) is 17.9. The highest BCUT2D eigenvalue weighted by Crippen LogP contribution is 2.36. The van der Waals surface area contributed by atoms with Crippen LogP contribution in [0.3, 0.4) is 0 Å². The lowest BCUT2D eigenvalue weighted by Gasteiger charge is -2.17. The third kappa shape index (κ3) is 3.51. The Morgan fingerprint density at radius 3 is 2.54 bits per heavy atom. The van der Waals surface area contributed by atoms with E-state index in [1.54, 1.807) is 32.0 Å². The Bertz CT molecular complexity index is 839. The quantitative estimate of drug-likeness (QED) is 0.747. The second kappa shape index (κ2) is 7.08. The maximum atomic E-state index is 14.9. The molecule has 0 bridgehead atoms. The van der Waals surface area contributed by atoms with Crippen molar-refractivity contribution in [2.45, 2.75) is 13.8 Å². The van der Waals surface area contributed by atoms with E-state index in [9.17, 15) is 8.78 Å². The van der Waals surface area contributed by atoms with E-state index in [1.165, 1.54) is 18.4 Å². The van der Waals surface area contributed by atoms with Crippen LogP contribution < -0.4 is 11.1 Å². The largest absolute Gasteiger partial charge is 0.399 e. The third-order valence-corrected chi connectivity index (χ3v) is 3.47. The Labute approximate surface area is 140 Å². The van der Waals surface area contributed by atoms with Crippen molar-refractivity contribution >= 4 is 29.0 Å². The summed E-state index contributed by atoms with van der Waals surface area (Å²) in [4.78, 5) is 4.04. The Kier molecular flexibility index (Phi) is 5.14. The van der Waals surface area contributed by atoms with E-state index >= 15 is 0 Å². The maximum Gasteiger partial charge on any atom is 0.173 e. The molecule has 2 aromatic carbocycles. The van der Waals surface area contributed by atoms with Crippen LogP contribution in [0, 0.1) is 25.5 Å². The summed E-state index contributed by atoms with van der Waals surface area (Å²) in [6.07, 6.45) is 2.83. The Morgan fingerprint density at radius 2 is 1.96 bits per heavy atom. The number of allylic oxidation sites excluding steroid dienone is 1. The third-order valence-electron chi connectivity index (χ3n) is 3.47. The minimum absolute atomic E-state index is 0.0343. The van der Waals surface area contributed by atoms with Gasteiger partial charge in [0.1, 0.15) is 11.5 Å². The number of nitrogens with zero attached hydrogens (tertiary/aromatic N) is 1. The summed E-state index contributed by atoms with van der Waals surface area (Å²) in [5.74, 6) is -1.12. The Hall–Kier alpha value is -2.95. The number of hydrogen-bond donors (Lipinski definition) is 2. The molecule has 0 radical (unpaired) electrons. The lowest BCUT2D eigenvalue weighted by Crippen LogP contribution is -2.05. The average molecular weight is 327 g/mol. The molecule has 0 aliphatic rings. The fourth-order valence-corrected chi connectivity index (χ4v) is 2.28. The van der Waals surface area contributed by atoms with Gasteiger partial charge in [-0.15, -0.1) is 0 Å². The van der Waals surface area contributed by atoms with E-state index in [0.717, 1.165) is 5.56 Å². The topological polar surface area (TPSA) is 50.4 Å². The minimum Gasteiger partial charge on any atom is -0.399 e. The Balaban J connectivity index is 2.63. The molecule has 2 rings (SSSR count). The zero-order valence-electron chi connectivity index (χ0n) is 13.7. The van der Waals surface area contributed by atoms with Crippen molar-refractivity contribution in [1.29, 1.82) is 0 Å². The number of nitrogens with two attached hydrogens (primary N) is 1. The molecule has 0 spiro atoms. The van der Waals surface area contributed by atoms with Crippen LogP contribution in [0.5, 0.6) is 0 Å². The van der Waals surface area contributed by atoms with Gasteiger partial charge in [0.25, 0.3) is 0 Å². The van der Waals surface area contributed by atoms with Crippen LogP contribution in [0.25, 0.3) is 5.70 Å². The summed E-state index contributed by atoms with van der Waals surface area (Å²) in [7, 11) is 0. The van der Waals surface area contributed by atoms with Gasteiger partial charge < -0.3 is 11.1 Å². The number of aliphatic imine (C=N–C) groups is 1. The lowest BCUT2D eigenvalue weighted by atomic mass is 10.0. The molecular weight excluding hydrogens is 308 g/mol. The van der Waals surface area contributed by atoms with E-state index in [0.29, 0.717) is 11.1 Å². The first-order valence-corrected chi connectivity index (χ1v) is 7.31. The molecule has 0 fully saturated rings. The summed E-state index contributed by atoms with van der Waals surface area (Å²) < 4.78 is 29.0. The number of hydrogen-bond acceptors (Lipinski definition) is 3. The highest BCUT2D eigenvalue weighted by molar-refractivity contribution is 5.83. The number of aryl methyl sites for hydroxylation is 2. The molecule has 124 valence electrons. The zero-order valence-corrected chi connectivity index (χ0v) is 13.7. The van der Waals surface area contributed by atoms with Crippen LogP contribution in [-0.2, 0) is 0 Å². The number of halogens is 2. The van der Waals surface area contributed by atoms with E-state index in [4.69, 9.17) is 5.73 Å². The van der Waals surface area contributed by atoms with Gasteiger partial charge in [-0.05, 0) is 43.2 Å². The fourth-order valence-electron chi connectivity index (χ4n) is 2.28. The van der Waals surface area contributed by atoms with Gasteiger partial charge in [-0.25, -0.2) is 8.78 Å². The van der Waals surface area contributed by atoms with Crippen molar-refractivity contribution in [2.75, 3.05) is 5.32 Å². The molecule has 0 atom stereocenters. The van der Waals surface area contributed by atoms with Crippen molar-refractivity contribution in [1.82, 2.24) is 0 Å². The van der Waals surface area contributed by atoms with Gasteiger partial charge in [-0.3, -0.25) is 4.99 Å². The molecule has 3 N–H and O–H groups in total. The van der Waals surface area contributed by atoms with Crippen LogP contribution >= 0.6 is 0 Å². The highest BCUT2D eigenvalue weighted by Gasteiger charge is 2.18. The first-order valence-electron chi connectivity index (χ1n) is 7.31. The number of benzene rings is 2. The molecule has 5 heteroatoms. The van der Waals surface area contributed by atoms with Gasteiger partial charge in [0.05, 0.1) is 11.4 Å². The van der Waals surface area contributed by atoms with Crippen LogP contribution in [0.15, 0.2) is 48.5 Å². The second-order valence-corrected chi connectivity index (χ2v) is 5.43. The van der Waals surface area contributed by atoms with Gasteiger partial charge in [0, 0.05) is 17.5 Å². The molecule has 24 heavy (non-hydrogen) atoms. The lowest BCUT2D eigenvalue weighted by molar-refractivity contribution is 0.625. The van der Waals surface area contributed by atoms with Gasteiger partial charge >= 0.3 is 0 Å². The number of rotatable bonds is 5. The van der Waals surface area contributed by atoms with Crippen LogP contribution in [0.4, 0.5) is 25.8 Å². The molecule has 0 aliphatic carbocycles. The molecular formula is C19H19F2N3. The summed E-state index contributed by atoms with van der Waals surface area (Å²) in [5.41, 5.74) is 7.97. The molecule has 0 amide bonds. The Morgan fingerprint density at radius 1 is 1.25 bits per heavy atom. The van der Waals surface area contributed by atoms with Gasteiger partial charge in [0.15, 0.2) is 5.82 Å². The molecule has 3 nitrogen and oxygen atoms in total. The van der Waals surface area contributed by atoms with E-state index < -0.39 is 11.6 Å². The number of anilines is 2.